The van der Waals surface area contributed by atoms with Crippen LogP contribution in [0.15, 0.2) is 40.0 Å². The summed E-state index contributed by atoms with van der Waals surface area (Å²) >= 11 is 5.81. The molecular weight excluding hydrogens is 346 g/mol. The van der Waals surface area contributed by atoms with Gasteiger partial charge in [0.1, 0.15) is 11.5 Å². The number of halogens is 1. The number of fused-ring (bicyclic) bond motifs is 1. The maximum absolute atomic E-state index is 12.2. The van der Waals surface area contributed by atoms with Gasteiger partial charge in [0.25, 0.3) is 0 Å². The van der Waals surface area contributed by atoms with Crippen LogP contribution in [0, 0.1) is 0 Å². The van der Waals surface area contributed by atoms with Crippen LogP contribution >= 0.6 is 11.6 Å². The van der Waals surface area contributed by atoms with Crippen molar-refractivity contribution >= 4 is 32.7 Å². The Balaban J connectivity index is 2.34. The number of nitrogens with zero attached hydrogens (tertiary/aromatic N) is 1. The molecule has 2 aromatic carbocycles. The first-order valence-electron chi connectivity index (χ1n) is 6.18. The largest absolute Gasteiger partial charge is 0.506 e. The fraction of sp³-hybridized carbons (Fsp3) is 0. The molecule has 5 N–H and O–H groups in total. The second-order valence-corrected chi connectivity index (χ2v) is 6.75. The molecule has 0 aliphatic carbocycles. The van der Waals surface area contributed by atoms with Gasteiger partial charge >= 0.3 is 5.69 Å². The third-order valence-electron chi connectivity index (χ3n) is 3.27. The van der Waals surface area contributed by atoms with E-state index in [9.17, 15) is 23.4 Å². The van der Waals surface area contributed by atoms with E-state index in [2.05, 4.69) is 4.98 Å². The van der Waals surface area contributed by atoms with Crippen LogP contribution in [-0.2, 0) is 10.0 Å². The monoisotopic (exact) mass is 355 g/mol. The molecule has 0 saturated carbocycles. The van der Waals surface area contributed by atoms with Crippen molar-refractivity contribution in [3.8, 4) is 17.2 Å². The van der Waals surface area contributed by atoms with Gasteiger partial charge in [-0.1, -0.05) is 11.6 Å². The minimum atomic E-state index is -3.92. The Morgan fingerprint density at radius 3 is 2.48 bits per heavy atom. The lowest BCUT2D eigenvalue weighted by atomic mass is 10.2. The highest BCUT2D eigenvalue weighted by molar-refractivity contribution is 7.89. The second kappa shape index (κ2) is 5.01. The van der Waals surface area contributed by atoms with Crippen LogP contribution in [0.2, 0.25) is 5.02 Å². The summed E-state index contributed by atoms with van der Waals surface area (Å²) in [5.41, 5.74) is -0.0689. The average molecular weight is 356 g/mol. The lowest BCUT2D eigenvalue weighted by Crippen LogP contribution is -2.14. The molecule has 1 heterocycles. The number of imidazole rings is 1. The van der Waals surface area contributed by atoms with Gasteiger partial charge in [-0.3, -0.25) is 4.57 Å². The zero-order chi connectivity index (χ0) is 16.9. The van der Waals surface area contributed by atoms with Gasteiger partial charge in [-0.25, -0.2) is 18.4 Å². The number of rotatable bonds is 2. The first-order valence-corrected chi connectivity index (χ1v) is 8.10. The van der Waals surface area contributed by atoms with Crippen LogP contribution in [0.3, 0.4) is 0 Å². The molecule has 120 valence electrons. The normalized spacial score (nSPS) is 11.9. The van der Waals surface area contributed by atoms with Gasteiger partial charge in [-0.2, -0.15) is 0 Å². The molecule has 0 atom stereocenters. The Labute approximate surface area is 134 Å². The minimum absolute atomic E-state index is 0.0346. The zero-order valence-electron chi connectivity index (χ0n) is 11.3. The first kappa shape index (κ1) is 15.4. The molecule has 0 aliphatic rings. The Morgan fingerprint density at radius 2 is 1.83 bits per heavy atom. The van der Waals surface area contributed by atoms with Crippen molar-refractivity contribution in [2.75, 3.05) is 0 Å². The smallest absolute Gasteiger partial charge is 0.331 e. The highest BCUT2D eigenvalue weighted by Crippen LogP contribution is 2.34. The van der Waals surface area contributed by atoms with E-state index in [-0.39, 0.29) is 32.6 Å². The quantitative estimate of drug-likeness (QED) is 0.543. The van der Waals surface area contributed by atoms with Gasteiger partial charge in [-0.15, -0.1) is 0 Å². The lowest BCUT2D eigenvalue weighted by molar-refractivity contribution is 0.449. The molecule has 1 aromatic heterocycles. The Kier molecular flexibility index (Phi) is 3.36. The molecule has 0 aliphatic heterocycles. The van der Waals surface area contributed by atoms with Crippen LogP contribution < -0.4 is 10.8 Å². The third kappa shape index (κ3) is 2.54. The third-order valence-corrected chi connectivity index (χ3v) is 4.48. The van der Waals surface area contributed by atoms with E-state index >= 15 is 0 Å². The number of primary sulfonamides is 1. The van der Waals surface area contributed by atoms with Crippen molar-refractivity contribution in [1.82, 2.24) is 9.55 Å². The molecule has 3 aromatic rings. The molecule has 0 unspecified atom stereocenters. The molecular formula is C13H10ClN3O5S. The van der Waals surface area contributed by atoms with E-state index in [0.717, 1.165) is 10.6 Å². The van der Waals surface area contributed by atoms with E-state index in [1.165, 1.54) is 24.3 Å². The van der Waals surface area contributed by atoms with Crippen molar-refractivity contribution in [2.45, 2.75) is 4.90 Å². The molecule has 3 rings (SSSR count). The topological polar surface area (TPSA) is 138 Å². The molecule has 8 nitrogen and oxygen atoms in total. The predicted molar refractivity (Wildman–Crippen MR) is 83.6 cm³/mol. The van der Waals surface area contributed by atoms with Gasteiger partial charge in [0.15, 0.2) is 0 Å². The fourth-order valence-corrected chi connectivity index (χ4v) is 2.92. The van der Waals surface area contributed by atoms with Gasteiger partial charge < -0.3 is 15.2 Å². The van der Waals surface area contributed by atoms with Crippen LogP contribution in [0.5, 0.6) is 11.5 Å². The summed E-state index contributed by atoms with van der Waals surface area (Å²) in [6.45, 7) is 0. The van der Waals surface area contributed by atoms with Crippen LogP contribution in [-0.4, -0.2) is 28.2 Å². The number of benzene rings is 2. The Hall–Kier alpha value is -2.49. The summed E-state index contributed by atoms with van der Waals surface area (Å²) < 4.78 is 23.8. The standard InChI is InChI=1S/C13H10ClN3O5S/c14-7-4-10(12(19)5-11(7)18)17-9-2-1-6(23(15,21)22)3-8(9)16-13(17)20/h1-5,18-19H,(H,16,20)(H2,15,21,22). The Bertz CT molecular complexity index is 1100. The molecule has 0 bridgehead atoms. The van der Waals surface area contributed by atoms with Crippen molar-refractivity contribution in [3.05, 3.63) is 45.8 Å². The van der Waals surface area contributed by atoms with Crippen LogP contribution in [0.25, 0.3) is 16.7 Å². The van der Waals surface area contributed by atoms with Crippen LogP contribution in [0.4, 0.5) is 0 Å². The highest BCUT2D eigenvalue weighted by Gasteiger charge is 2.17. The van der Waals surface area contributed by atoms with E-state index < -0.39 is 15.7 Å². The average Bonchev–Trinajstić information content (AvgIpc) is 2.77. The maximum Gasteiger partial charge on any atom is 0.331 e. The first-order chi connectivity index (χ1) is 10.7. The Morgan fingerprint density at radius 1 is 1.13 bits per heavy atom. The van der Waals surface area contributed by atoms with Crippen LogP contribution in [0.1, 0.15) is 0 Å². The van der Waals surface area contributed by atoms with E-state index in [1.807, 2.05) is 0 Å². The molecule has 0 saturated heterocycles. The number of phenolic OH excluding ortho intramolecular Hbond substituents is 2. The van der Waals surface area contributed by atoms with E-state index in [4.69, 9.17) is 16.7 Å². The number of aromatic amines is 1. The zero-order valence-corrected chi connectivity index (χ0v) is 12.9. The number of hydrogen-bond acceptors (Lipinski definition) is 5. The predicted octanol–water partition coefficient (Wildman–Crippen LogP) is 1.03. The second-order valence-electron chi connectivity index (χ2n) is 4.78. The van der Waals surface area contributed by atoms with E-state index in [1.54, 1.807) is 0 Å². The number of aromatic nitrogens is 2. The van der Waals surface area contributed by atoms with Crippen molar-refractivity contribution in [1.29, 1.82) is 0 Å². The van der Waals surface area contributed by atoms with Gasteiger partial charge in [0.2, 0.25) is 10.0 Å². The molecule has 23 heavy (non-hydrogen) atoms. The number of hydrogen-bond donors (Lipinski definition) is 4. The summed E-state index contributed by atoms with van der Waals surface area (Å²) in [5.74, 6) is -0.706. The SMILES string of the molecule is NS(=O)(=O)c1ccc2c(c1)[nH]c(=O)n2-c1cc(Cl)c(O)cc1O. The number of H-pyrrole nitrogens is 1. The van der Waals surface area contributed by atoms with Crippen molar-refractivity contribution < 1.29 is 18.6 Å². The molecule has 0 spiro atoms. The molecule has 10 heteroatoms. The van der Waals surface area contributed by atoms with Crippen molar-refractivity contribution in [2.24, 2.45) is 5.14 Å². The number of nitrogens with two attached hydrogens (primary N) is 1. The highest BCUT2D eigenvalue weighted by atomic mass is 35.5. The number of phenols is 2. The van der Waals surface area contributed by atoms with E-state index in [0.29, 0.717) is 5.52 Å². The number of nitrogens with one attached hydrogen (secondary N) is 1. The summed E-state index contributed by atoms with van der Waals surface area (Å²) in [7, 11) is -3.92. The van der Waals surface area contributed by atoms with Gasteiger partial charge in [-0.05, 0) is 24.3 Å². The number of aromatic hydroxyl groups is 2. The van der Waals surface area contributed by atoms with Crippen molar-refractivity contribution in [3.63, 3.8) is 0 Å². The molecule has 0 amide bonds. The molecule has 0 radical (unpaired) electrons. The minimum Gasteiger partial charge on any atom is -0.506 e. The summed E-state index contributed by atoms with van der Waals surface area (Å²) in [5, 5.41) is 24.4. The lowest BCUT2D eigenvalue weighted by Gasteiger charge is -2.08. The van der Waals surface area contributed by atoms with Gasteiger partial charge in [0, 0.05) is 6.07 Å². The maximum atomic E-state index is 12.2. The van der Waals surface area contributed by atoms with Gasteiger partial charge in [0.05, 0.1) is 26.6 Å². The number of sulfonamides is 1. The summed E-state index contributed by atoms with van der Waals surface area (Å²) in [6.07, 6.45) is 0. The summed E-state index contributed by atoms with van der Waals surface area (Å²) in [6, 6.07) is 6.03. The summed E-state index contributed by atoms with van der Waals surface area (Å²) in [4.78, 5) is 14.5. The fourth-order valence-electron chi connectivity index (χ4n) is 2.23. The molecule has 0 fully saturated rings.